The van der Waals surface area contributed by atoms with Gasteiger partial charge in [-0.15, -0.1) is 0 Å². The lowest BCUT2D eigenvalue weighted by Crippen LogP contribution is -2.11. The molecule has 2 rings (SSSR count). The molecule has 7 heteroatoms. The van der Waals surface area contributed by atoms with Gasteiger partial charge in [-0.3, -0.25) is 0 Å². The van der Waals surface area contributed by atoms with Gasteiger partial charge in [0.05, 0.1) is 5.69 Å². The Morgan fingerprint density at radius 2 is 2.05 bits per heavy atom. The summed E-state index contributed by atoms with van der Waals surface area (Å²) in [5.41, 5.74) is 2.81. The molecule has 0 spiro atoms. The number of rotatable bonds is 5. The number of aryl methyl sites for hydroxylation is 1. The van der Waals surface area contributed by atoms with Gasteiger partial charge in [0.15, 0.2) is 0 Å². The Morgan fingerprint density at radius 3 is 2.70 bits per heavy atom. The Bertz CT molecular complexity index is 585. The molecule has 1 aromatic carbocycles. The van der Waals surface area contributed by atoms with Gasteiger partial charge in [0, 0.05) is 17.0 Å². The van der Waals surface area contributed by atoms with Crippen LogP contribution in [0.25, 0.3) is 0 Å². The van der Waals surface area contributed by atoms with Crippen molar-refractivity contribution in [2.45, 2.75) is 19.8 Å². The van der Waals surface area contributed by atoms with E-state index in [-0.39, 0.29) is 5.82 Å². The van der Waals surface area contributed by atoms with Crippen molar-refractivity contribution in [1.82, 2.24) is 9.97 Å². The summed E-state index contributed by atoms with van der Waals surface area (Å²) in [7, 11) is 0. The van der Waals surface area contributed by atoms with Crippen molar-refractivity contribution >= 4 is 33.3 Å². The van der Waals surface area contributed by atoms with Gasteiger partial charge in [-0.2, -0.15) is 0 Å². The van der Waals surface area contributed by atoms with Crippen LogP contribution in [0.2, 0.25) is 0 Å². The third-order valence-corrected chi connectivity index (χ3v) is 3.27. The number of anilines is 3. The highest BCUT2D eigenvalue weighted by atomic mass is 79.9. The number of nitrogens with zero attached hydrogens (tertiary/aromatic N) is 2. The summed E-state index contributed by atoms with van der Waals surface area (Å²) < 4.78 is 14.4. The highest BCUT2D eigenvalue weighted by molar-refractivity contribution is 9.10. The Hall–Kier alpha value is -1.73. The lowest BCUT2D eigenvalue weighted by Gasteiger charge is -2.11. The molecule has 0 saturated carbocycles. The van der Waals surface area contributed by atoms with E-state index >= 15 is 0 Å². The molecule has 0 aliphatic heterocycles. The van der Waals surface area contributed by atoms with Crippen LogP contribution in [0, 0.1) is 5.82 Å². The Kier molecular flexibility index (Phi) is 4.86. The van der Waals surface area contributed by atoms with E-state index in [1.165, 1.54) is 6.07 Å². The summed E-state index contributed by atoms with van der Waals surface area (Å²) in [6, 6.07) is 6.38. The van der Waals surface area contributed by atoms with E-state index in [2.05, 4.69) is 36.6 Å². The van der Waals surface area contributed by atoms with Crippen LogP contribution in [0.1, 0.15) is 19.2 Å². The fourth-order valence-electron chi connectivity index (χ4n) is 1.72. The molecule has 0 fully saturated rings. The quantitative estimate of drug-likeness (QED) is 0.575. The van der Waals surface area contributed by atoms with Gasteiger partial charge >= 0.3 is 0 Å². The molecule has 2 aromatic rings. The van der Waals surface area contributed by atoms with E-state index in [4.69, 9.17) is 5.84 Å². The van der Waals surface area contributed by atoms with Gasteiger partial charge in [-0.25, -0.2) is 20.2 Å². The van der Waals surface area contributed by atoms with Gasteiger partial charge in [0.1, 0.15) is 23.3 Å². The largest absolute Gasteiger partial charge is 0.337 e. The van der Waals surface area contributed by atoms with Crippen LogP contribution in [0.3, 0.4) is 0 Å². The van der Waals surface area contributed by atoms with E-state index in [0.717, 1.165) is 12.8 Å². The van der Waals surface area contributed by atoms with Crippen LogP contribution in [-0.2, 0) is 6.42 Å². The number of hydrogen-bond acceptors (Lipinski definition) is 5. The first kappa shape index (κ1) is 14.7. The summed E-state index contributed by atoms with van der Waals surface area (Å²) in [6.07, 6.45) is 1.64. The van der Waals surface area contributed by atoms with Crippen molar-refractivity contribution in [2.75, 3.05) is 10.7 Å². The van der Waals surface area contributed by atoms with Crippen molar-refractivity contribution < 1.29 is 4.39 Å². The number of halogens is 2. The Labute approximate surface area is 124 Å². The maximum absolute atomic E-state index is 13.8. The molecule has 0 aliphatic rings. The molecule has 4 N–H and O–H groups in total. The van der Waals surface area contributed by atoms with Crippen molar-refractivity contribution in [3.63, 3.8) is 0 Å². The molecule has 0 saturated heterocycles. The van der Waals surface area contributed by atoms with Gasteiger partial charge in [0.2, 0.25) is 0 Å². The molecule has 0 amide bonds. The van der Waals surface area contributed by atoms with Crippen molar-refractivity contribution in [3.05, 3.63) is 40.4 Å². The van der Waals surface area contributed by atoms with E-state index < -0.39 is 0 Å². The molecular weight excluding hydrogens is 325 g/mol. The predicted octanol–water partition coefficient (Wildman–Crippen LogP) is 3.36. The second-order valence-corrected chi connectivity index (χ2v) is 5.02. The number of benzene rings is 1. The number of aromatic nitrogens is 2. The zero-order valence-corrected chi connectivity index (χ0v) is 12.5. The molecule has 1 aromatic heterocycles. The third kappa shape index (κ3) is 3.43. The van der Waals surface area contributed by atoms with Gasteiger partial charge in [0.25, 0.3) is 0 Å². The molecule has 0 bridgehead atoms. The van der Waals surface area contributed by atoms with E-state index in [9.17, 15) is 4.39 Å². The predicted molar refractivity (Wildman–Crippen MR) is 81.2 cm³/mol. The SMILES string of the molecule is CCCc1nc(NN)cc(Nc2c(F)cccc2Br)n1. The molecule has 106 valence electrons. The minimum Gasteiger partial charge on any atom is -0.337 e. The first-order valence-corrected chi connectivity index (χ1v) is 6.99. The molecule has 1 heterocycles. The normalized spacial score (nSPS) is 10.4. The molecule has 5 nitrogen and oxygen atoms in total. The second kappa shape index (κ2) is 6.62. The zero-order valence-electron chi connectivity index (χ0n) is 11.0. The maximum Gasteiger partial charge on any atom is 0.147 e. The smallest absolute Gasteiger partial charge is 0.147 e. The van der Waals surface area contributed by atoms with E-state index in [0.29, 0.717) is 27.6 Å². The van der Waals surface area contributed by atoms with Gasteiger partial charge in [-0.1, -0.05) is 13.0 Å². The molecule has 20 heavy (non-hydrogen) atoms. The van der Waals surface area contributed by atoms with Crippen molar-refractivity contribution in [3.8, 4) is 0 Å². The summed E-state index contributed by atoms with van der Waals surface area (Å²) in [5, 5.41) is 2.95. The second-order valence-electron chi connectivity index (χ2n) is 4.17. The number of nitrogens with one attached hydrogen (secondary N) is 2. The molecule has 0 unspecified atom stereocenters. The van der Waals surface area contributed by atoms with Crippen LogP contribution < -0.4 is 16.6 Å². The fraction of sp³-hybridized carbons (Fsp3) is 0.231. The lowest BCUT2D eigenvalue weighted by molar-refractivity contribution is 0.631. The Morgan fingerprint density at radius 1 is 1.30 bits per heavy atom. The lowest BCUT2D eigenvalue weighted by atomic mass is 10.3. The summed E-state index contributed by atoms with van der Waals surface area (Å²) in [4.78, 5) is 8.58. The molecular formula is C13H15BrFN5. The topological polar surface area (TPSA) is 75.9 Å². The van der Waals surface area contributed by atoms with Gasteiger partial charge in [-0.05, 0) is 34.5 Å². The van der Waals surface area contributed by atoms with Crippen LogP contribution >= 0.6 is 15.9 Å². The first-order chi connectivity index (χ1) is 9.63. The van der Waals surface area contributed by atoms with Crippen LogP contribution in [-0.4, -0.2) is 9.97 Å². The fourth-order valence-corrected chi connectivity index (χ4v) is 2.16. The standard InChI is InChI=1S/C13H15BrFN5/c1-2-4-10-17-11(7-12(18-10)20-16)19-13-8(14)5-3-6-9(13)15/h3,5-7H,2,4,16H2,1H3,(H2,17,18,19,20). The zero-order chi connectivity index (χ0) is 14.5. The monoisotopic (exact) mass is 339 g/mol. The molecule has 0 radical (unpaired) electrons. The summed E-state index contributed by atoms with van der Waals surface area (Å²) in [6.45, 7) is 2.03. The number of hydrazine groups is 1. The third-order valence-electron chi connectivity index (χ3n) is 2.61. The number of hydrogen-bond donors (Lipinski definition) is 3. The summed E-state index contributed by atoms with van der Waals surface area (Å²) in [5.74, 6) is 6.65. The first-order valence-electron chi connectivity index (χ1n) is 6.19. The molecule has 0 aliphatic carbocycles. The highest BCUT2D eigenvalue weighted by Gasteiger charge is 2.09. The minimum atomic E-state index is -0.364. The van der Waals surface area contributed by atoms with E-state index in [1.807, 2.05) is 6.92 Å². The highest BCUT2D eigenvalue weighted by Crippen LogP contribution is 2.28. The average molecular weight is 340 g/mol. The minimum absolute atomic E-state index is 0.330. The van der Waals surface area contributed by atoms with Crippen LogP contribution in [0.15, 0.2) is 28.7 Å². The number of para-hydroxylation sites is 1. The van der Waals surface area contributed by atoms with Crippen molar-refractivity contribution in [2.24, 2.45) is 5.84 Å². The van der Waals surface area contributed by atoms with Crippen LogP contribution in [0.5, 0.6) is 0 Å². The number of nitrogens with two attached hydrogens (primary N) is 1. The van der Waals surface area contributed by atoms with Crippen molar-refractivity contribution in [1.29, 1.82) is 0 Å². The average Bonchev–Trinajstić information content (AvgIpc) is 2.43. The maximum atomic E-state index is 13.8. The molecule has 0 atom stereocenters. The Balaban J connectivity index is 2.35. The number of nitrogen functional groups attached to an aromatic ring is 1. The summed E-state index contributed by atoms with van der Waals surface area (Å²) >= 11 is 3.30. The van der Waals surface area contributed by atoms with Crippen LogP contribution in [0.4, 0.5) is 21.7 Å². The van der Waals surface area contributed by atoms with Gasteiger partial charge < -0.3 is 10.7 Å². The van der Waals surface area contributed by atoms with E-state index in [1.54, 1.807) is 18.2 Å².